The largest absolute Gasteiger partial charge is 0.305 e. The SMILES string of the molecule is CONCc1ccc(-n2ncc(Br)c2C2CC2)cc1. The highest BCUT2D eigenvalue weighted by atomic mass is 79.9. The first-order valence-corrected chi connectivity index (χ1v) is 7.17. The Balaban J connectivity index is 1.86. The Kier molecular flexibility index (Phi) is 3.68. The third-order valence-electron chi connectivity index (χ3n) is 3.33. The molecule has 0 bridgehead atoms. The number of nitrogens with one attached hydrogen (secondary N) is 1. The molecule has 1 aromatic carbocycles. The number of rotatable bonds is 5. The topological polar surface area (TPSA) is 39.1 Å². The number of halogens is 1. The van der Waals surface area contributed by atoms with Gasteiger partial charge in [-0.05, 0) is 46.5 Å². The third-order valence-corrected chi connectivity index (χ3v) is 3.94. The van der Waals surface area contributed by atoms with Gasteiger partial charge in [0, 0.05) is 12.5 Å². The lowest BCUT2D eigenvalue weighted by Gasteiger charge is -2.08. The van der Waals surface area contributed by atoms with Gasteiger partial charge in [-0.3, -0.25) is 0 Å². The first-order valence-electron chi connectivity index (χ1n) is 6.38. The first-order chi connectivity index (χ1) is 9.29. The van der Waals surface area contributed by atoms with Crippen molar-refractivity contribution in [2.75, 3.05) is 7.11 Å². The van der Waals surface area contributed by atoms with Crippen molar-refractivity contribution in [2.24, 2.45) is 0 Å². The fourth-order valence-corrected chi connectivity index (χ4v) is 2.76. The number of aromatic nitrogens is 2. The molecule has 4 nitrogen and oxygen atoms in total. The summed E-state index contributed by atoms with van der Waals surface area (Å²) in [5.74, 6) is 0.659. The minimum Gasteiger partial charge on any atom is -0.305 e. The molecule has 0 spiro atoms. The average molecular weight is 322 g/mol. The Labute approximate surface area is 120 Å². The lowest BCUT2D eigenvalue weighted by molar-refractivity contribution is 0.0867. The molecule has 3 rings (SSSR count). The summed E-state index contributed by atoms with van der Waals surface area (Å²) in [6.45, 7) is 0.703. The molecule has 5 heteroatoms. The average Bonchev–Trinajstić information content (AvgIpc) is 3.20. The summed E-state index contributed by atoms with van der Waals surface area (Å²) in [7, 11) is 1.62. The smallest absolute Gasteiger partial charge is 0.0649 e. The lowest BCUT2D eigenvalue weighted by atomic mass is 10.2. The highest BCUT2D eigenvalue weighted by Gasteiger charge is 2.30. The molecular formula is C14H16BrN3O. The first kappa shape index (κ1) is 12.8. The van der Waals surface area contributed by atoms with Gasteiger partial charge in [-0.25, -0.2) is 4.68 Å². The molecule has 0 amide bonds. The third kappa shape index (κ3) is 2.73. The van der Waals surface area contributed by atoms with Crippen LogP contribution in [0.3, 0.4) is 0 Å². The van der Waals surface area contributed by atoms with Crippen LogP contribution < -0.4 is 5.48 Å². The van der Waals surface area contributed by atoms with Crippen LogP contribution in [0.25, 0.3) is 5.69 Å². The van der Waals surface area contributed by atoms with Crippen LogP contribution in [0.15, 0.2) is 34.9 Å². The second-order valence-corrected chi connectivity index (χ2v) is 5.61. The van der Waals surface area contributed by atoms with E-state index < -0.39 is 0 Å². The summed E-state index contributed by atoms with van der Waals surface area (Å²) in [6, 6.07) is 8.37. The second kappa shape index (κ2) is 5.45. The van der Waals surface area contributed by atoms with Crippen molar-refractivity contribution in [1.82, 2.24) is 15.3 Å². The molecule has 2 aromatic rings. The molecule has 1 heterocycles. The van der Waals surface area contributed by atoms with Crippen molar-refractivity contribution >= 4 is 15.9 Å². The van der Waals surface area contributed by atoms with Gasteiger partial charge in [0.1, 0.15) is 0 Å². The van der Waals surface area contributed by atoms with E-state index >= 15 is 0 Å². The van der Waals surface area contributed by atoms with Gasteiger partial charge in [-0.15, -0.1) is 0 Å². The van der Waals surface area contributed by atoms with Crippen LogP contribution >= 0.6 is 15.9 Å². The summed E-state index contributed by atoms with van der Waals surface area (Å²) < 4.78 is 3.15. The Morgan fingerprint density at radius 2 is 2.11 bits per heavy atom. The predicted molar refractivity (Wildman–Crippen MR) is 77.1 cm³/mol. The maximum absolute atomic E-state index is 4.85. The fourth-order valence-electron chi connectivity index (χ4n) is 2.18. The molecule has 1 aliphatic rings. The molecule has 0 atom stereocenters. The van der Waals surface area contributed by atoms with E-state index in [4.69, 9.17) is 4.84 Å². The van der Waals surface area contributed by atoms with Crippen LogP contribution in [0.5, 0.6) is 0 Å². The Morgan fingerprint density at radius 1 is 1.37 bits per heavy atom. The van der Waals surface area contributed by atoms with Crippen LogP contribution in [0.1, 0.15) is 30.0 Å². The zero-order chi connectivity index (χ0) is 13.2. The van der Waals surface area contributed by atoms with Crippen molar-refractivity contribution < 1.29 is 4.84 Å². The van der Waals surface area contributed by atoms with Gasteiger partial charge in [-0.2, -0.15) is 10.6 Å². The van der Waals surface area contributed by atoms with E-state index in [1.165, 1.54) is 24.1 Å². The van der Waals surface area contributed by atoms with Gasteiger partial charge in [0.15, 0.2) is 0 Å². The van der Waals surface area contributed by atoms with E-state index in [9.17, 15) is 0 Å². The summed E-state index contributed by atoms with van der Waals surface area (Å²) in [4.78, 5) is 4.85. The molecule has 0 aliphatic heterocycles. The van der Waals surface area contributed by atoms with Gasteiger partial charge in [-0.1, -0.05) is 12.1 Å². The van der Waals surface area contributed by atoms with Crippen molar-refractivity contribution in [2.45, 2.75) is 25.3 Å². The Bertz CT molecular complexity index is 561. The number of hydrogen-bond donors (Lipinski definition) is 1. The molecule has 0 saturated heterocycles. The van der Waals surface area contributed by atoms with Crippen LogP contribution in [-0.4, -0.2) is 16.9 Å². The highest BCUT2D eigenvalue weighted by molar-refractivity contribution is 9.10. The molecular weight excluding hydrogens is 306 g/mol. The van der Waals surface area contributed by atoms with Crippen LogP contribution in [0, 0.1) is 0 Å². The fraction of sp³-hybridized carbons (Fsp3) is 0.357. The molecule has 1 fully saturated rings. The number of hydrogen-bond acceptors (Lipinski definition) is 3. The van der Waals surface area contributed by atoms with Gasteiger partial charge in [0.05, 0.1) is 29.2 Å². The number of hydroxylamine groups is 1. The second-order valence-electron chi connectivity index (χ2n) is 4.76. The number of benzene rings is 1. The van der Waals surface area contributed by atoms with Gasteiger partial charge in [0.2, 0.25) is 0 Å². The van der Waals surface area contributed by atoms with Crippen molar-refractivity contribution in [3.05, 3.63) is 46.2 Å². The Hall–Kier alpha value is -1.17. The molecule has 0 radical (unpaired) electrons. The molecule has 0 unspecified atom stereocenters. The quantitative estimate of drug-likeness (QED) is 0.860. The van der Waals surface area contributed by atoms with E-state index in [-0.39, 0.29) is 0 Å². The van der Waals surface area contributed by atoms with E-state index in [2.05, 4.69) is 50.8 Å². The van der Waals surface area contributed by atoms with Crippen LogP contribution in [0.4, 0.5) is 0 Å². The molecule has 1 aromatic heterocycles. The molecule has 1 saturated carbocycles. The van der Waals surface area contributed by atoms with E-state index in [1.54, 1.807) is 7.11 Å². The minimum atomic E-state index is 0.659. The summed E-state index contributed by atoms with van der Waals surface area (Å²) in [5.41, 5.74) is 6.42. The van der Waals surface area contributed by atoms with Gasteiger partial charge >= 0.3 is 0 Å². The van der Waals surface area contributed by atoms with Crippen molar-refractivity contribution in [1.29, 1.82) is 0 Å². The zero-order valence-electron chi connectivity index (χ0n) is 10.8. The van der Waals surface area contributed by atoms with Crippen LogP contribution in [0.2, 0.25) is 0 Å². The Morgan fingerprint density at radius 3 is 2.74 bits per heavy atom. The molecule has 100 valence electrons. The summed E-state index contributed by atoms with van der Waals surface area (Å²) in [5, 5.41) is 4.47. The van der Waals surface area contributed by atoms with Crippen molar-refractivity contribution in [3.63, 3.8) is 0 Å². The van der Waals surface area contributed by atoms with E-state index in [1.807, 2.05) is 10.9 Å². The maximum atomic E-state index is 4.85. The van der Waals surface area contributed by atoms with E-state index in [0.29, 0.717) is 12.5 Å². The lowest BCUT2D eigenvalue weighted by Crippen LogP contribution is -2.10. The molecule has 1 aliphatic carbocycles. The van der Waals surface area contributed by atoms with Gasteiger partial charge < -0.3 is 4.84 Å². The predicted octanol–water partition coefficient (Wildman–Crippen LogP) is 3.16. The van der Waals surface area contributed by atoms with Crippen molar-refractivity contribution in [3.8, 4) is 5.69 Å². The maximum Gasteiger partial charge on any atom is 0.0649 e. The highest BCUT2D eigenvalue weighted by Crippen LogP contribution is 2.43. The molecule has 19 heavy (non-hydrogen) atoms. The number of nitrogens with zero attached hydrogens (tertiary/aromatic N) is 2. The van der Waals surface area contributed by atoms with E-state index in [0.717, 1.165) is 10.2 Å². The van der Waals surface area contributed by atoms with Gasteiger partial charge in [0.25, 0.3) is 0 Å². The van der Waals surface area contributed by atoms with Crippen LogP contribution in [-0.2, 0) is 11.4 Å². The summed E-state index contributed by atoms with van der Waals surface area (Å²) in [6.07, 6.45) is 4.41. The zero-order valence-corrected chi connectivity index (χ0v) is 12.4. The monoisotopic (exact) mass is 321 g/mol. The molecule has 1 N–H and O–H groups in total. The minimum absolute atomic E-state index is 0.659. The standard InChI is InChI=1S/C14H16BrN3O/c1-19-17-8-10-2-6-12(7-3-10)18-14(11-4-5-11)13(15)9-16-18/h2-3,6-7,9,11,17H,4-5,8H2,1H3. The summed E-state index contributed by atoms with van der Waals surface area (Å²) >= 11 is 3.59. The normalized spacial score (nSPS) is 14.8.